The topological polar surface area (TPSA) is 92.0 Å². The Kier molecular flexibility index (Phi) is 5.89. The molecule has 0 aliphatic carbocycles. The van der Waals surface area contributed by atoms with E-state index in [1.807, 2.05) is 19.9 Å². The summed E-state index contributed by atoms with van der Waals surface area (Å²) >= 11 is 0. The van der Waals surface area contributed by atoms with Crippen LogP contribution < -0.4 is 15.4 Å². The van der Waals surface area contributed by atoms with E-state index in [1.54, 1.807) is 12.1 Å². The second-order valence-electron chi connectivity index (χ2n) is 5.41. The van der Waals surface area contributed by atoms with Crippen LogP contribution in [0.25, 0.3) is 0 Å². The fourth-order valence-corrected chi connectivity index (χ4v) is 2.01. The first-order valence-electron chi connectivity index (χ1n) is 7.46. The molecule has 2 rings (SSSR count). The van der Waals surface area contributed by atoms with Crippen LogP contribution in [0.1, 0.15) is 19.4 Å². The summed E-state index contributed by atoms with van der Waals surface area (Å²) in [5, 5.41) is 17.8. The predicted octanol–water partition coefficient (Wildman–Crippen LogP) is 3.45. The Morgan fingerprint density at radius 1 is 1.40 bits per heavy atom. The molecule has 0 saturated heterocycles. The second kappa shape index (κ2) is 8.10. The van der Waals surface area contributed by atoms with E-state index in [9.17, 15) is 13.6 Å². The lowest BCUT2D eigenvalue weighted by Gasteiger charge is -2.15. The first-order valence-corrected chi connectivity index (χ1v) is 7.46. The van der Waals surface area contributed by atoms with Gasteiger partial charge in [0.15, 0.2) is 0 Å². The number of nitriles is 1. The highest BCUT2D eigenvalue weighted by molar-refractivity contribution is 6.00. The number of nitrogens with zero attached hydrogens (tertiary/aromatic N) is 3. The predicted molar refractivity (Wildman–Crippen MR) is 87.8 cm³/mol. The van der Waals surface area contributed by atoms with Crippen molar-refractivity contribution in [3.63, 3.8) is 0 Å². The lowest BCUT2D eigenvalue weighted by Crippen LogP contribution is -2.20. The van der Waals surface area contributed by atoms with Gasteiger partial charge in [0.05, 0.1) is 35.3 Å². The third-order valence-corrected chi connectivity index (χ3v) is 2.94. The van der Waals surface area contributed by atoms with E-state index in [0.717, 1.165) is 4.68 Å². The van der Waals surface area contributed by atoms with E-state index >= 15 is 0 Å². The fourth-order valence-electron chi connectivity index (χ4n) is 2.01. The van der Waals surface area contributed by atoms with Crippen molar-refractivity contribution in [2.24, 2.45) is 0 Å². The highest BCUT2D eigenvalue weighted by atomic mass is 19.3. The summed E-state index contributed by atoms with van der Waals surface area (Å²) in [7, 11) is 0. The molecule has 0 unspecified atom stereocenters. The summed E-state index contributed by atoms with van der Waals surface area (Å²) < 4.78 is 31.2. The Hall–Kier alpha value is -3.15. The van der Waals surface area contributed by atoms with Crippen molar-refractivity contribution in [3.05, 3.63) is 36.2 Å². The number of carbonyl (C=O) groups is 1. The molecule has 1 heterocycles. The van der Waals surface area contributed by atoms with Crippen molar-refractivity contribution in [2.75, 3.05) is 10.6 Å². The molecule has 0 radical (unpaired) electrons. The molecule has 2 amide bonds. The largest absolute Gasteiger partial charge is 0.489 e. The minimum Gasteiger partial charge on any atom is -0.489 e. The number of carbonyl (C=O) groups excluding carboxylic acids is 1. The minimum absolute atomic E-state index is 0.121. The first kappa shape index (κ1) is 18.2. The molecule has 25 heavy (non-hydrogen) atoms. The molecule has 0 fully saturated rings. The molecule has 0 aliphatic rings. The number of alkyl halides is 2. The van der Waals surface area contributed by atoms with E-state index in [0.29, 0.717) is 17.0 Å². The molecular weight excluding hydrogens is 332 g/mol. The molecule has 132 valence electrons. The van der Waals surface area contributed by atoms with Gasteiger partial charge in [0, 0.05) is 6.20 Å². The van der Waals surface area contributed by atoms with E-state index in [4.69, 9.17) is 10.00 Å². The van der Waals surface area contributed by atoms with Gasteiger partial charge in [-0.2, -0.15) is 10.4 Å². The molecule has 2 aromatic rings. The van der Waals surface area contributed by atoms with Gasteiger partial charge in [-0.1, -0.05) is 0 Å². The van der Waals surface area contributed by atoms with Gasteiger partial charge in [-0.05, 0) is 32.0 Å². The van der Waals surface area contributed by atoms with Crippen molar-refractivity contribution >= 4 is 17.4 Å². The van der Waals surface area contributed by atoms with E-state index < -0.39 is 19.0 Å². The lowest BCUT2D eigenvalue weighted by molar-refractivity contribution is 0.122. The van der Waals surface area contributed by atoms with Crippen molar-refractivity contribution in [3.8, 4) is 11.8 Å². The van der Waals surface area contributed by atoms with Crippen LogP contribution in [0.2, 0.25) is 0 Å². The Morgan fingerprint density at radius 3 is 2.80 bits per heavy atom. The van der Waals surface area contributed by atoms with Crippen LogP contribution in [0.15, 0.2) is 30.6 Å². The number of ether oxygens (including phenoxy) is 1. The molecule has 0 bridgehead atoms. The van der Waals surface area contributed by atoms with Crippen molar-refractivity contribution < 1.29 is 18.3 Å². The first-order chi connectivity index (χ1) is 11.9. The highest BCUT2D eigenvalue weighted by Crippen LogP contribution is 2.27. The summed E-state index contributed by atoms with van der Waals surface area (Å²) in [5.74, 6) is 0.414. The van der Waals surface area contributed by atoms with Crippen LogP contribution in [0.5, 0.6) is 5.75 Å². The van der Waals surface area contributed by atoms with Gasteiger partial charge in [-0.3, -0.25) is 4.68 Å². The third kappa shape index (κ3) is 5.46. The number of hydrogen-bond acceptors (Lipinski definition) is 4. The lowest BCUT2D eigenvalue weighted by atomic mass is 10.2. The number of rotatable bonds is 6. The average molecular weight is 349 g/mol. The molecule has 0 saturated carbocycles. The Bertz CT molecular complexity index is 783. The van der Waals surface area contributed by atoms with Crippen LogP contribution in [-0.2, 0) is 6.54 Å². The summed E-state index contributed by atoms with van der Waals surface area (Å²) in [6, 6.07) is 6.02. The number of halogens is 2. The van der Waals surface area contributed by atoms with Crippen LogP contribution >= 0.6 is 0 Å². The number of amides is 2. The van der Waals surface area contributed by atoms with Crippen LogP contribution in [-0.4, -0.2) is 28.3 Å². The van der Waals surface area contributed by atoms with Gasteiger partial charge in [0.2, 0.25) is 0 Å². The molecule has 0 aliphatic heterocycles. The van der Waals surface area contributed by atoms with Crippen molar-refractivity contribution in [1.29, 1.82) is 5.26 Å². The standard InChI is InChI=1S/C16H17F2N5O2/c1-10(2)25-14-4-3-11(6-19)5-13(14)22-16(24)21-12-7-20-23(8-12)9-15(17)18/h3-5,7-8,10,15H,9H2,1-2H3,(H2,21,22,24). The fraction of sp³-hybridized carbons (Fsp3) is 0.312. The van der Waals surface area contributed by atoms with E-state index in [-0.39, 0.29) is 11.8 Å². The normalized spacial score (nSPS) is 10.6. The van der Waals surface area contributed by atoms with Gasteiger partial charge >= 0.3 is 6.03 Å². The zero-order chi connectivity index (χ0) is 18.4. The zero-order valence-corrected chi connectivity index (χ0v) is 13.7. The quantitative estimate of drug-likeness (QED) is 0.835. The van der Waals surface area contributed by atoms with Crippen molar-refractivity contribution in [1.82, 2.24) is 9.78 Å². The third-order valence-electron chi connectivity index (χ3n) is 2.94. The molecule has 9 heteroatoms. The summed E-state index contributed by atoms with van der Waals surface area (Å²) in [6.45, 7) is 3.11. The van der Waals surface area contributed by atoms with Crippen LogP contribution in [0.3, 0.4) is 0 Å². The Labute approximate surface area is 143 Å². The SMILES string of the molecule is CC(C)Oc1ccc(C#N)cc1NC(=O)Nc1cnn(CC(F)F)c1. The van der Waals surface area contributed by atoms with Gasteiger partial charge in [-0.25, -0.2) is 13.6 Å². The van der Waals surface area contributed by atoms with E-state index in [1.165, 1.54) is 18.5 Å². The van der Waals surface area contributed by atoms with Gasteiger partial charge in [0.1, 0.15) is 12.3 Å². The van der Waals surface area contributed by atoms with Gasteiger partial charge in [-0.15, -0.1) is 0 Å². The Morgan fingerprint density at radius 2 is 2.16 bits per heavy atom. The minimum atomic E-state index is -2.54. The average Bonchev–Trinajstić information content (AvgIpc) is 2.94. The molecule has 7 nitrogen and oxygen atoms in total. The van der Waals surface area contributed by atoms with Crippen LogP contribution in [0.4, 0.5) is 25.0 Å². The second-order valence-corrected chi connectivity index (χ2v) is 5.41. The molecule has 1 aromatic heterocycles. The van der Waals surface area contributed by atoms with Crippen LogP contribution in [0, 0.1) is 11.3 Å². The maximum Gasteiger partial charge on any atom is 0.323 e. The number of aromatic nitrogens is 2. The molecule has 2 N–H and O–H groups in total. The monoisotopic (exact) mass is 349 g/mol. The number of urea groups is 1. The van der Waals surface area contributed by atoms with Gasteiger partial charge in [0.25, 0.3) is 6.43 Å². The maximum atomic E-state index is 12.3. The van der Waals surface area contributed by atoms with E-state index in [2.05, 4.69) is 15.7 Å². The highest BCUT2D eigenvalue weighted by Gasteiger charge is 2.12. The number of anilines is 2. The van der Waals surface area contributed by atoms with Gasteiger partial charge < -0.3 is 15.4 Å². The Balaban J connectivity index is 2.09. The molecule has 0 atom stereocenters. The van der Waals surface area contributed by atoms with Crippen molar-refractivity contribution in [2.45, 2.75) is 32.9 Å². The molecular formula is C16H17F2N5O2. The summed E-state index contributed by atoms with van der Waals surface area (Å²) in [5.41, 5.74) is 0.947. The molecule has 1 aromatic carbocycles. The number of hydrogen-bond donors (Lipinski definition) is 2. The number of benzene rings is 1. The molecule has 0 spiro atoms. The number of nitrogens with one attached hydrogen (secondary N) is 2. The smallest absolute Gasteiger partial charge is 0.323 e. The summed E-state index contributed by atoms with van der Waals surface area (Å²) in [4.78, 5) is 12.1. The maximum absolute atomic E-state index is 12.3. The zero-order valence-electron chi connectivity index (χ0n) is 13.7. The summed E-state index contributed by atoms with van der Waals surface area (Å²) in [6.07, 6.45) is -0.0996.